The summed E-state index contributed by atoms with van der Waals surface area (Å²) in [7, 11) is -2.34. The molecule has 0 spiro atoms. The molecule has 0 aliphatic heterocycles. The predicted octanol–water partition coefficient (Wildman–Crippen LogP) is -0.126. The molecule has 102 valence electrons. The second-order valence-corrected chi connectivity index (χ2v) is 5.40. The zero-order chi connectivity index (χ0) is 13.9. The van der Waals surface area contributed by atoms with Gasteiger partial charge in [-0.05, 0) is 12.1 Å². The van der Waals surface area contributed by atoms with Crippen molar-refractivity contribution in [3.8, 4) is 5.75 Å². The summed E-state index contributed by atoms with van der Waals surface area (Å²) in [5, 5.41) is 6.19. The van der Waals surface area contributed by atoms with Gasteiger partial charge in [0.05, 0.1) is 13.7 Å². The maximum Gasteiger partial charge on any atom is 0.244 e. The quantitative estimate of drug-likeness (QED) is 0.657. The number of sulfonamides is 1. The number of benzene rings is 1. The molecule has 4 N–H and O–H groups in total. The van der Waals surface area contributed by atoms with Crippen LogP contribution in [0.4, 0.5) is 5.69 Å². The van der Waals surface area contributed by atoms with E-state index in [1.54, 1.807) is 0 Å². The number of anilines is 1. The molecule has 0 atom stereocenters. The van der Waals surface area contributed by atoms with E-state index in [9.17, 15) is 8.42 Å². The molecule has 0 aliphatic rings. The average molecular weight is 283 g/mol. The van der Waals surface area contributed by atoms with Gasteiger partial charge in [-0.1, -0.05) is 0 Å². The van der Waals surface area contributed by atoms with Crippen molar-refractivity contribution in [1.82, 2.24) is 19.9 Å². The van der Waals surface area contributed by atoms with Crippen LogP contribution in [0.15, 0.2) is 29.4 Å². The highest BCUT2D eigenvalue weighted by atomic mass is 32.2. The van der Waals surface area contributed by atoms with Crippen molar-refractivity contribution >= 4 is 15.7 Å². The zero-order valence-corrected chi connectivity index (χ0v) is 10.9. The number of nitrogens with one attached hydrogen (secondary N) is 2. The molecule has 0 bridgehead atoms. The first-order chi connectivity index (χ1) is 9.03. The number of rotatable bonds is 5. The summed E-state index contributed by atoms with van der Waals surface area (Å²) in [5.74, 6) is 0.600. The fourth-order valence-corrected chi connectivity index (χ4v) is 2.60. The first-order valence-electron chi connectivity index (χ1n) is 5.30. The van der Waals surface area contributed by atoms with Crippen LogP contribution in [0.2, 0.25) is 0 Å². The largest absolute Gasteiger partial charge is 0.495 e. The Balaban J connectivity index is 2.24. The molecule has 1 heterocycles. The van der Waals surface area contributed by atoms with Crippen molar-refractivity contribution in [3.05, 3.63) is 30.4 Å². The lowest BCUT2D eigenvalue weighted by Gasteiger charge is -2.10. The highest BCUT2D eigenvalue weighted by molar-refractivity contribution is 7.89. The van der Waals surface area contributed by atoms with E-state index in [-0.39, 0.29) is 17.2 Å². The van der Waals surface area contributed by atoms with E-state index in [1.165, 1.54) is 31.6 Å². The standard InChI is InChI=1S/C10H13N5O3S/c1-18-8-4-7(11)2-3-9(8)19(16,17)14-5-10-12-6-13-15-10/h2-4,6,14H,5,11H2,1H3,(H,12,13,15). The Morgan fingerprint density at radius 3 is 2.89 bits per heavy atom. The Kier molecular flexibility index (Phi) is 3.67. The third-order valence-electron chi connectivity index (χ3n) is 2.37. The molecule has 8 nitrogen and oxygen atoms in total. The molecule has 1 aromatic heterocycles. The lowest BCUT2D eigenvalue weighted by Crippen LogP contribution is -2.24. The highest BCUT2D eigenvalue weighted by Crippen LogP contribution is 2.25. The summed E-state index contributed by atoms with van der Waals surface area (Å²) in [6.07, 6.45) is 1.30. The molecule has 0 unspecified atom stereocenters. The molecule has 0 fully saturated rings. The summed E-state index contributed by atoms with van der Waals surface area (Å²) in [5.41, 5.74) is 6.00. The van der Waals surface area contributed by atoms with Crippen molar-refractivity contribution in [2.24, 2.45) is 0 Å². The second kappa shape index (κ2) is 5.24. The maximum atomic E-state index is 12.1. The molecule has 0 radical (unpaired) electrons. The van der Waals surface area contributed by atoms with Gasteiger partial charge in [0.15, 0.2) is 0 Å². The summed E-state index contributed by atoms with van der Waals surface area (Å²) in [6, 6.07) is 4.32. The van der Waals surface area contributed by atoms with Gasteiger partial charge in [0.25, 0.3) is 0 Å². The number of nitrogens with zero attached hydrogens (tertiary/aromatic N) is 2. The van der Waals surface area contributed by atoms with E-state index in [1.807, 2.05) is 0 Å². The van der Waals surface area contributed by atoms with Crippen LogP contribution in [0.1, 0.15) is 5.82 Å². The van der Waals surface area contributed by atoms with Crippen LogP contribution in [-0.4, -0.2) is 30.7 Å². The number of nitrogen functional groups attached to an aromatic ring is 1. The van der Waals surface area contributed by atoms with Gasteiger partial charge in [-0.3, -0.25) is 5.10 Å². The zero-order valence-electron chi connectivity index (χ0n) is 10.1. The van der Waals surface area contributed by atoms with Crippen LogP contribution in [0.3, 0.4) is 0 Å². The minimum absolute atomic E-state index is 0.00979. The van der Waals surface area contributed by atoms with E-state index in [2.05, 4.69) is 19.9 Å². The van der Waals surface area contributed by atoms with E-state index >= 15 is 0 Å². The van der Waals surface area contributed by atoms with Crippen LogP contribution in [0, 0.1) is 0 Å². The maximum absolute atomic E-state index is 12.1. The molecule has 9 heteroatoms. The fourth-order valence-electron chi connectivity index (χ4n) is 1.46. The number of hydrogen-bond donors (Lipinski definition) is 3. The number of aromatic nitrogens is 3. The lowest BCUT2D eigenvalue weighted by molar-refractivity contribution is 0.402. The Morgan fingerprint density at radius 1 is 1.47 bits per heavy atom. The van der Waals surface area contributed by atoms with E-state index in [4.69, 9.17) is 10.5 Å². The number of aromatic amines is 1. The summed E-state index contributed by atoms with van der Waals surface area (Å²) >= 11 is 0. The minimum Gasteiger partial charge on any atom is -0.495 e. The van der Waals surface area contributed by atoms with Crippen LogP contribution in [0.5, 0.6) is 5.75 Å². The highest BCUT2D eigenvalue weighted by Gasteiger charge is 2.19. The summed E-state index contributed by atoms with van der Waals surface area (Å²) < 4.78 is 31.7. The molecule has 0 saturated heterocycles. The summed E-state index contributed by atoms with van der Waals surface area (Å²) in [6.45, 7) is 0.00979. The number of methoxy groups -OCH3 is 1. The second-order valence-electron chi connectivity index (χ2n) is 3.67. The number of hydrogen-bond acceptors (Lipinski definition) is 6. The van der Waals surface area contributed by atoms with E-state index in [0.717, 1.165) is 0 Å². The number of H-pyrrole nitrogens is 1. The van der Waals surface area contributed by atoms with Crippen LogP contribution in [-0.2, 0) is 16.6 Å². The first kappa shape index (κ1) is 13.3. The average Bonchev–Trinajstić information content (AvgIpc) is 2.89. The molecule has 0 amide bonds. The van der Waals surface area contributed by atoms with Crippen molar-refractivity contribution in [1.29, 1.82) is 0 Å². The van der Waals surface area contributed by atoms with Crippen molar-refractivity contribution in [2.45, 2.75) is 11.4 Å². The molecule has 1 aromatic carbocycles. The third-order valence-corrected chi connectivity index (χ3v) is 3.81. The molecule has 19 heavy (non-hydrogen) atoms. The van der Waals surface area contributed by atoms with Crippen LogP contribution >= 0.6 is 0 Å². The minimum atomic E-state index is -3.71. The monoisotopic (exact) mass is 283 g/mol. The van der Waals surface area contributed by atoms with Crippen molar-refractivity contribution < 1.29 is 13.2 Å². The predicted molar refractivity (Wildman–Crippen MR) is 67.8 cm³/mol. The van der Waals surface area contributed by atoms with Gasteiger partial charge in [0, 0.05) is 11.8 Å². The first-order valence-corrected chi connectivity index (χ1v) is 6.78. The molecular weight excluding hydrogens is 270 g/mol. The lowest BCUT2D eigenvalue weighted by atomic mass is 10.3. The normalized spacial score (nSPS) is 11.4. The molecule has 2 aromatic rings. The van der Waals surface area contributed by atoms with Crippen molar-refractivity contribution in [2.75, 3.05) is 12.8 Å². The number of nitrogens with two attached hydrogens (primary N) is 1. The third kappa shape index (κ3) is 3.01. The van der Waals surface area contributed by atoms with E-state index < -0.39 is 10.0 Å². The van der Waals surface area contributed by atoms with Crippen molar-refractivity contribution in [3.63, 3.8) is 0 Å². The topological polar surface area (TPSA) is 123 Å². The summed E-state index contributed by atoms with van der Waals surface area (Å²) in [4.78, 5) is 3.84. The van der Waals surface area contributed by atoms with Crippen LogP contribution < -0.4 is 15.2 Å². The Hall–Kier alpha value is -2.13. The molecule has 0 saturated carbocycles. The molecule has 2 rings (SSSR count). The van der Waals surface area contributed by atoms with Gasteiger partial charge in [-0.15, -0.1) is 0 Å². The van der Waals surface area contributed by atoms with Gasteiger partial charge in [0.1, 0.15) is 22.8 Å². The fraction of sp³-hybridized carbons (Fsp3) is 0.200. The Bertz CT molecular complexity index is 654. The van der Waals surface area contributed by atoms with Gasteiger partial charge in [-0.2, -0.15) is 5.10 Å². The molecular formula is C10H13N5O3S. The Morgan fingerprint density at radius 2 is 2.26 bits per heavy atom. The van der Waals surface area contributed by atoms with Gasteiger partial charge < -0.3 is 10.5 Å². The van der Waals surface area contributed by atoms with Gasteiger partial charge in [-0.25, -0.2) is 18.1 Å². The molecule has 0 aliphatic carbocycles. The smallest absolute Gasteiger partial charge is 0.244 e. The van der Waals surface area contributed by atoms with E-state index in [0.29, 0.717) is 11.5 Å². The number of ether oxygens (including phenoxy) is 1. The van der Waals surface area contributed by atoms with Crippen LogP contribution in [0.25, 0.3) is 0 Å². The van der Waals surface area contributed by atoms with Gasteiger partial charge in [0.2, 0.25) is 10.0 Å². The van der Waals surface area contributed by atoms with Gasteiger partial charge >= 0.3 is 0 Å². The Labute approximate surface area is 110 Å². The SMILES string of the molecule is COc1cc(N)ccc1S(=O)(=O)NCc1ncn[nH]1.